The van der Waals surface area contributed by atoms with Crippen molar-refractivity contribution >= 4 is 19.3 Å². The molecule has 1 aromatic carbocycles. The molecule has 9 nitrogen and oxygen atoms in total. The number of ether oxygens (including phenoxy) is 2. The molecule has 0 saturated heterocycles. The van der Waals surface area contributed by atoms with Crippen molar-refractivity contribution in [3.05, 3.63) is 23.3 Å². The number of methoxy groups -OCH3 is 1. The maximum absolute atomic E-state index is 13.3. The fourth-order valence-corrected chi connectivity index (χ4v) is 3.78. The highest BCUT2D eigenvalue weighted by atomic mass is 31.2. The second-order valence-corrected chi connectivity index (χ2v) is 8.02. The Balaban J connectivity index is 3.00. The van der Waals surface area contributed by atoms with Gasteiger partial charge < -0.3 is 30.3 Å². The standard InChI is InChI=1S/C15H21FNO8P/c1-24-12-5-9(4-10(6-16)14(12)25-7-13(18)19)8-26(22,23)3-2-11(17)15(20)21/h4-5,11H,2-3,6-8,17H2,1H3,(H,18,19)(H,20,21)(H,22,23). The summed E-state index contributed by atoms with van der Waals surface area (Å²) >= 11 is 0. The Kier molecular flexibility index (Phi) is 8.01. The van der Waals surface area contributed by atoms with E-state index in [1.165, 1.54) is 19.2 Å². The van der Waals surface area contributed by atoms with Gasteiger partial charge in [-0.25, -0.2) is 9.18 Å². The molecule has 146 valence electrons. The van der Waals surface area contributed by atoms with E-state index < -0.39 is 38.6 Å². The highest BCUT2D eigenvalue weighted by molar-refractivity contribution is 7.57. The first kappa shape index (κ1) is 21.9. The maximum Gasteiger partial charge on any atom is 0.341 e. The number of alkyl halides is 1. The highest BCUT2D eigenvalue weighted by Gasteiger charge is 2.24. The fraction of sp³-hybridized carbons (Fsp3) is 0.467. The Morgan fingerprint density at radius 1 is 1.35 bits per heavy atom. The van der Waals surface area contributed by atoms with Gasteiger partial charge in [0.25, 0.3) is 0 Å². The van der Waals surface area contributed by atoms with E-state index in [4.69, 9.17) is 25.4 Å². The van der Waals surface area contributed by atoms with Crippen LogP contribution in [0.2, 0.25) is 0 Å². The zero-order chi connectivity index (χ0) is 19.9. The Bertz CT molecular complexity index is 686. The topological polar surface area (TPSA) is 156 Å². The third-order valence-electron chi connectivity index (χ3n) is 3.43. The summed E-state index contributed by atoms with van der Waals surface area (Å²) in [6, 6.07) is 1.37. The molecule has 0 radical (unpaired) electrons. The molecular formula is C15H21FNO8P. The molecule has 0 aliphatic rings. The van der Waals surface area contributed by atoms with Crippen molar-refractivity contribution < 1.29 is 43.1 Å². The first-order valence-corrected chi connectivity index (χ1v) is 9.52. The molecule has 0 saturated carbocycles. The van der Waals surface area contributed by atoms with Gasteiger partial charge in [-0.15, -0.1) is 0 Å². The molecule has 0 fully saturated rings. The third-order valence-corrected chi connectivity index (χ3v) is 5.25. The number of carboxylic acids is 2. The summed E-state index contributed by atoms with van der Waals surface area (Å²) in [5.41, 5.74) is 5.57. The lowest BCUT2D eigenvalue weighted by Gasteiger charge is -2.17. The van der Waals surface area contributed by atoms with Crippen LogP contribution in [0.4, 0.5) is 4.39 Å². The summed E-state index contributed by atoms with van der Waals surface area (Å²) in [5, 5.41) is 17.4. The SMILES string of the molecule is COc1cc(CP(=O)(O)CCC(N)C(=O)O)cc(CF)c1OCC(=O)O. The van der Waals surface area contributed by atoms with Crippen molar-refractivity contribution in [2.75, 3.05) is 19.9 Å². The lowest BCUT2D eigenvalue weighted by atomic mass is 10.1. The van der Waals surface area contributed by atoms with Crippen LogP contribution in [0.3, 0.4) is 0 Å². The molecule has 0 bridgehead atoms. The second-order valence-electron chi connectivity index (χ2n) is 5.56. The normalized spacial score (nSPS) is 14.3. The molecule has 1 aromatic rings. The van der Waals surface area contributed by atoms with E-state index in [1.807, 2.05) is 0 Å². The second kappa shape index (κ2) is 9.51. The molecule has 2 atom stereocenters. The van der Waals surface area contributed by atoms with Gasteiger partial charge in [-0.1, -0.05) is 0 Å². The number of carboxylic acid groups (broad SMARTS) is 2. The Morgan fingerprint density at radius 3 is 2.50 bits per heavy atom. The molecule has 0 spiro atoms. The molecule has 26 heavy (non-hydrogen) atoms. The quantitative estimate of drug-likeness (QED) is 0.406. The van der Waals surface area contributed by atoms with Crippen LogP contribution >= 0.6 is 7.37 Å². The predicted molar refractivity (Wildman–Crippen MR) is 89.6 cm³/mol. The van der Waals surface area contributed by atoms with Crippen molar-refractivity contribution in [3.63, 3.8) is 0 Å². The number of hydrogen-bond donors (Lipinski definition) is 4. The number of aliphatic carboxylic acids is 2. The van der Waals surface area contributed by atoms with Crippen molar-refractivity contribution in [3.8, 4) is 11.5 Å². The summed E-state index contributed by atoms with van der Waals surface area (Å²) in [4.78, 5) is 31.3. The summed E-state index contributed by atoms with van der Waals surface area (Å²) in [6.07, 6.45) is -0.844. The largest absolute Gasteiger partial charge is 0.493 e. The first-order chi connectivity index (χ1) is 12.1. The van der Waals surface area contributed by atoms with Crippen LogP contribution in [0.5, 0.6) is 11.5 Å². The minimum Gasteiger partial charge on any atom is -0.493 e. The predicted octanol–water partition coefficient (Wildman–Crippen LogP) is 1.20. The van der Waals surface area contributed by atoms with E-state index in [2.05, 4.69) is 0 Å². The zero-order valence-corrected chi connectivity index (χ0v) is 14.9. The summed E-state index contributed by atoms with van der Waals surface area (Å²) in [6.45, 7) is -1.70. The van der Waals surface area contributed by atoms with Gasteiger partial charge in [0.1, 0.15) is 12.7 Å². The maximum atomic E-state index is 13.3. The zero-order valence-electron chi connectivity index (χ0n) is 14.1. The molecule has 0 heterocycles. The van der Waals surface area contributed by atoms with Crippen LogP contribution in [0.25, 0.3) is 0 Å². The first-order valence-electron chi connectivity index (χ1n) is 7.49. The molecule has 0 aliphatic carbocycles. The van der Waals surface area contributed by atoms with E-state index in [9.17, 15) is 23.4 Å². The fourth-order valence-electron chi connectivity index (χ4n) is 2.19. The van der Waals surface area contributed by atoms with Crippen LogP contribution < -0.4 is 15.2 Å². The summed E-state index contributed by atoms with van der Waals surface area (Å²) < 4.78 is 35.6. The van der Waals surface area contributed by atoms with Crippen LogP contribution in [0.1, 0.15) is 17.5 Å². The highest BCUT2D eigenvalue weighted by Crippen LogP contribution is 2.47. The molecule has 0 aliphatic heterocycles. The molecule has 1 rings (SSSR count). The van der Waals surface area contributed by atoms with E-state index in [0.29, 0.717) is 0 Å². The molecule has 0 aromatic heterocycles. The average molecular weight is 393 g/mol. The van der Waals surface area contributed by atoms with Gasteiger partial charge in [0.15, 0.2) is 18.1 Å². The summed E-state index contributed by atoms with van der Waals surface area (Å²) in [5.74, 6) is -2.60. The van der Waals surface area contributed by atoms with Crippen molar-refractivity contribution in [1.82, 2.24) is 0 Å². The molecule has 0 amide bonds. The van der Waals surface area contributed by atoms with Crippen LogP contribution in [0.15, 0.2) is 12.1 Å². The van der Waals surface area contributed by atoms with Crippen molar-refractivity contribution in [2.24, 2.45) is 5.73 Å². The van der Waals surface area contributed by atoms with Gasteiger partial charge >= 0.3 is 11.9 Å². The van der Waals surface area contributed by atoms with E-state index in [-0.39, 0.29) is 41.4 Å². The number of carbonyl (C=O) groups is 2. The van der Waals surface area contributed by atoms with Gasteiger partial charge in [0.2, 0.25) is 7.37 Å². The average Bonchev–Trinajstić information content (AvgIpc) is 2.56. The van der Waals surface area contributed by atoms with Crippen LogP contribution in [0, 0.1) is 0 Å². The van der Waals surface area contributed by atoms with Gasteiger partial charge in [-0.05, 0) is 24.1 Å². The molecule has 5 N–H and O–H groups in total. The van der Waals surface area contributed by atoms with Crippen molar-refractivity contribution in [2.45, 2.75) is 25.3 Å². The Labute approximate surface area is 149 Å². The smallest absolute Gasteiger partial charge is 0.341 e. The van der Waals surface area contributed by atoms with Gasteiger partial charge in [0.05, 0.1) is 7.11 Å². The number of nitrogens with two attached hydrogens (primary N) is 1. The Hall–Kier alpha value is -2.16. The number of benzene rings is 1. The number of hydrogen-bond acceptors (Lipinski definition) is 6. The van der Waals surface area contributed by atoms with Gasteiger partial charge in [-0.2, -0.15) is 0 Å². The van der Waals surface area contributed by atoms with E-state index in [0.717, 1.165) is 0 Å². The lowest BCUT2D eigenvalue weighted by molar-refractivity contribution is -0.140. The van der Waals surface area contributed by atoms with Gasteiger partial charge in [0, 0.05) is 17.9 Å². The van der Waals surface area contributed by atoms with E-state index >= 15 is 0 Å². The molecule has 11 heteroatoms. The van der Waals surface area contributed by atoms with E-state index in [1.54, 1.807) is 0 Å². The lowest BCUT2D eigenvalue weighted by Crippen LogP contribution is -2.30. The Morgan fingerprint density at radius 2 is 2.00 bits per heavy atom. The number of halogens is 1. The van der Waals surface area contributed by atoms with Crippen LogP contribution in [-0.4, -0.2) is 53.0 Å². The monoisotopic (exact) mass is 393 g/mol. The molecule has 2 unspecified atom stereocenters. The third kappa shape index (κ3) is 6.62. The van der Waals surface area contributed by atoms with Gasteiger partial charge in [-0.3, -0.25) is 9.36 Å². The molecular weight excluding hydrogens is 372 g/mol. The van der Waals surface area contributed by atoms with Crippen molar-refractivity contribution in [1.29, 1.82) is 0 Å². The number of rotatable bonds is 11. The van der Waals surface area contributed by atoms with Crippen LogP contribution in [-0.2, 0) is 27.0 Å². The minimum absolute atomic E-state index is 0.0252. The minimum atomic E-state index is -3.77. The summed E-state index contributed by atoms with van der Waals surface area (Å²) in [7, 11) is -2.51.